The molecule has 0 radical (unpaired) electrons. The first-order chi connectivity index (χ1) is 8.56. The van der Waals surface area contributed by atoms with Gasteiger partial charge in [0.05, 0.1) is 0 Å². The summed E-state index contributed by atoms with van der Waals surface area (Å²) in [4.78, 5) is 4.10. The van der Waals surface area contributed by atoms with Crippen LogP contribution in [0.15, 0.2) is 39.7 Å². The van der Waals surface area contributed by atoms with Crippen molar-refractivity contribution in [2.45, 2.75) is 11.6 Å². The van der Waals surface area contributed by atoms with Crippen molar-refractivity contribution in [2.24, 2.45) is 0 Å². The molecule has 1 heterocycles. The summed E-state index contributed by atoms with van der Waals surface area (Å²) < 4.78 is 41.5. The maximum absolute atomic E-state index is 12.5. The monoisotopic (exact) mass is 293 g/mol. The minimum absolute atomic E-state index is 0.129. The van der Waals surface area contributed by atoms with Crippen molar-refractivity contribution in [2.75, 3.05) is 5.75 Å². The third-order valence-electron chi connectivity index (χ3n) is 2.08. The highest BCUT2D eigenvalue weighted by molar-refractivity contribution is 7.99. The fourth-order valence-electron chi connectivity index (χ4n) is 1.26. The molecule has 0 amide bonds. The topological polar surface area (TPSA) is 26.0 Å². The molecule has 0 N–H and O–H groups in total. The van der Waals surface area contributed by atoms with Crippen LogP contribution in [0.2, 0.25) is 5.02 Å². The Morgan fingerprint density at radius 2 is 2.11 bits per heavy atom. The van der Waals surface area contributed by atoms with E-state index < -0.39 is 11.9 Å². The molecule has 96 valence electrons. The molecular formula is C11H7ClF3NOS. The summed E-state index contributed by atoms with van der Waals surface area (Å²) in [6.07, 6.45) is -2.63. The lowest BCUT2D eigenvalue weighted by Crippen LogP contribution is -1.82. The lowest BCUT2D eigenvalue weighted by atomic mass is 10.3. The lowest BCUT2D eigenvalue weighted by molar-refractivity contribution is 0.373. The molecule has 0 saturated carbocycles. The Balaban J connectivity index is 2.02. The predicted octanol–water partition coefficient (Wildman–Crippen LogP) is 5.04. The Morgan fingerprint density at radius 3 is 2.83 bits per heavy atom. The van der Waals surface area contributed by atoms with Crippen molar-refractivity contribution >= 4 is 34.5 Å². The first kappa shape index (κ1) is 13.3. The quantitative estimate of drug-likeness (QED) is 0.739. The molecule has 1 aromatic carbocycles. The van der Waals surface area contributed by atoms with Gasteiger partial charge in [-0.05, 0) is 18.2 Å². The van der Waals surface area contributed by atoms with Gasteiger partial charge in [0.25, 0.3) is 5.22 Å². The number of halogens is 4. The maximum Gasteiger partial charge on any atom is 0.301 e. The fraction of sp³-hybridized carbons (Fsp3) is 0.182. The molecule has 2 aromatic rings. The first-order valence-electron chi connectivity index (χ1n) is 4.95. The molecule has 1 aromatic heterocycles. The summed E-state index contributed by atoms with van der Waals surface area (Å²) in [5, 5.41) is 0.833. The van der Waals surface area contributed by atoms with Crippen LogP contribution in [0.4, 0.5) is 13.2 Å². The maximum atomic E-state index is 12.5. The van der Waals surface area contributed by atoms with E-state index in [1.165, 1.54) is 0 Å². The number of thioether (sulfide) groups is 1. The second-order valence-electron chi connectivity index (χ2n) is 3.36. The highest BCUT2D eigenvalue weighted by Gasteiger charge is 2.09. The normalized spacial score (nSPS) is 10.9. The predicted molar refractivity (Wildman–Crippen MR) is 64.7 cm³/mol. The smallest absolute Gasteiger partial charge is 0.301 e. The summed E-state index contributed by atoms with van der Waals surface area (Å²) in [5.41, 5.74) is 1.13. The zero-order chi connectivity index (χ0) is 13.1. The number of hydrogen-bond acceptors (Lipinski definition) is 3. The van der Waals surface area contributed by atoms with Crippen LogP contribution in [-0.2, 0) is 0 Å². The molecule has 0 spiro atoms. The lowest BCUT2D eigenvalue weighted by Gasteiger charge is -1.94. The van der Waals surface area contributed by atoms with Gasteiger partial charge in [0.1, 0.15) is 5.52 Å². The van der Waals surface area contributed by atoms with E-state index in [9.17, 15) is 13.2 Å². The third-order valence-corrected chi connectivity index (χ3v) is 3.15. The van der Waals surface area contributed by atoms with Gasteiger partial charge in [-0.3, -0.25) is 0 Å². The molecule has 2 rings (SSSR count). The SMILES string of the molecule is FC(F)=C(F)CCSc1nc2cc(Cl)ccc2o1. The Hall–Kier alpha value is -1.14. The number of fused-ring (bicyclic) bond motifs is 1. The molecule has 0 bridgehead atoms. The van der Waals surface area contributed by atoms with Gasteiger partial charge < -0.3 is 4.42 Å². The molecule has 0 atom stereocenters. The van der Waals surface area contributed by atoms with Gasteiger partial charge in [-0.25, -0.2) is 9.37 Å². The minimum atomic E-state index is -2.28. The summed E-state index contributed by atoms with van der Waals surface area (Å²) in [6.45, 7) is 0. The Kier molecular flexibility index (Phi) is 4.19. The van der Waals surface area contributed by atoms with Crippen LogP contribution in [-0.4, -0.2) is 10.7 Å². The zero-order valence-corrected chi connectivity index (χ0v) is 10.5. The van der Waals surface area contributed by atoms with Crippen LogP contribution in [0.5, 0.6) is 0 Å². The Morgan fingerprint density at radius 1 is 1.33 bits per heavy atom. The average molecular weight is 294 g/mol. The molecule has 7 heteroatoms. The van der Waals surface area contributed by atoms with Crippen LogP contribution < -0.4 is 0 Å². The van der Waals surface area contributed by atoms with Crippen molar-refractivity contribution < 1.29 is 17.6 Å². The van der Waals surface area contributed by atoms with E-state index in [1.807, 2.05) is 0 Å². The molecule has 0 aliphatic heterocycles. The number of oxazole rings is 1. The molecule has 0 unspecified atom stereocenters. The second kappa shape index (κ2) is 5.67. The molecule has 0 fully saturated rings. The summed E-state index contributed by atoms with van der Waals surface area (Å²) >= 11 is 6.85. The van der Waals surface area contributed by atoms with Gasteiger partial charge in [-0.15, -0.1) is 0 Å². The Bertz CT molecular complexity index is 595. The van der Waals surface area contributed by atoms with Crippen molar-refractivity contribution in [1.82, 2.24) is 4.98 Å². The minimum Gasteiger partial charge on any atom is -0.431 e. The summed E-state index contributed by atoms with van der Waals surface area (Å²) in [5.74, 6) is -1.27. The van der Waals surface area contributed by atoms with Gasteiger partial charge in [-0.2, -0.15) is 8.78 Å². The van der Waals surface area contributed by atoms with Crippen molar-refractivity contribution in [3.8, 4) is 0 Å². The van der Waals surface area contributed by atoms with E-state index in [-0.39, 0.29) is 12.2 Å². The zero-order valence-electron chi connectivity index (χ0n) is 8.92. The number of benzene rings is 1. The van der Waals surface area contributed by atoms with Gasteiger partial charge in [0, 0.05) is 17.2 Å². The van der Waals surface area contributed by atoms with Crippen LogP contribution in [0.25, 0.3) is 11.1 Å². The average Bonchev–Trinajstić information content (AvgIpc) is 2.70. The number of nitrogens with zero attached hydrogens (tertiary/aromatic N) is 1. The molecule has 0 aliphatic rings. The highest BCUT2D eigenvalue weighted by atomic mass is 35.5. The second-order valence-corrected chi connectivity index (χ2v) is 4.84. The van der Waals surface area contributed by atoms with Crippen molar-refractivity contribution in [3.05, 3.63) is 35.1 Å². The van der Waals surface area contributed by atoms with E-state index >= 15 is 0 Å². The fourth-order valence-corrected chi connectivity index (χ4v) is 2.20. The standard InChI is InChI=1S/C11H7ClF3NOS/c12-6-1-2-9-8(5-6)16-11(17-9)18-4-3-7(13)10(14)15/h1-2,5H,3-4H2. The molecular weight excluding hydrogens is 287 g/mol. The van der Waals surface area contributed by atoms with Crippen LogP contribution in [0, 0.1) is 0 Å². The van der Waals surface area contributed by atoms with Gasteiger partial charge in [0.2, 0.25) is 0 Å². The van der Waals surface area contributed by atoms with E-state index in [0.29, 0.717) is 21.3 Å². The number of rotatable bonds is 4. The largest absolute Gasteiger partial charge is 0.431 e. The van der Waals surface area contributed by atoms with Gasteiger partial charge in [-0.1, -0.05) is 23.4 Å². The molecule has 2 nitrogen and oxygen atoms in total. The first-order valence-corrected chi connectivity index (χ1v) is 6.31. The molecule has 0 aliphatic carbocycles. The van der Waals surface area contributed by atoms with Crippen molar-refractivity contribution in [1.29, 1.82) is 0 Å². The van der Waals surface area contributed by atoms with E-state index in [4.69, 9.17) is 16.0 Å². The number of hydrogen-bond donors (Lipinski definition) is 0. The number of allylic oxidation sites excluding steroid dienone is 1. The van der Waals surface area contributed by atoms with E-state index in [2.05, 4.69) is 4.98 Å². The molecule has 0 saturated heterocycles. The number of aromatic nitrogens is 1. The Labute approximate surface area is 110 Å². The van der Waals surface area contributed by atoms with Crippen molar-refractivity contribution in [3.63, 3.8) is 0 Å². The summed E-state index contributed by atoms with van der Waals surface area (Å²) in [7, 11) is 0. The van der Waals surface area contributed by atoms with Crippen LogP contribution >= 0.6 is 23.4 Å². The van der Waals surface area contributed by atoms with Crippen LogP contribution in [0.1, 0.15) is 6.42 Å². The van der Waals surface area contributed by atoms with Crippen LogP contribution in [0.3, 0.4) is 0 Å². The van der Waals surface area contributed by atoms with Gasteiger partial charge in [0.15, 0.2) is 11.4 Å². The highest BCUT2D eigenvalue weighted by Crippen LogP contribution is 2.27. The van der Waals surface area contributed by atoms with E-state index in [1.54, 1.807) is 18.2 Å². The molecule has 18 heavy (non-hydrogen) atoms. The van der Waals surface area contributed by atoms with E-state index in [0.717, 1.165) is 11.8 Å². The summed E-state index contributed by atoms with van der Waals surface area (Å²) in [6, 6.07) is 4.95. The third kappa shape index (κ3) is 3.20. The van der Waals surface area contributed by atoms with Gasteiger partial charge >= 0.3 is 6.08 Å².